The Morgan fingerprint density at radius 1 is 1.37 bits per heavy atom. The minimum atomic E-state index is -0.225. The number of aromatic nitrogens is 2. The fourth-order valence-electron chi connectivity index (χ4n) is 2.80. The van der Waals surface area contributed by atoms with Crippen molar-refractivity contribution in [2.24, 2.45) is 4.99 Å². The molecule has 152 valence electrons. The molecule has 1 amide bonds. The second-order valence-electron chi connectivity index (χ2n) is 6.82. The van der Waals surface area contributed by atoms with Gasteiger partial charge in [0, 0.05) is 38.0 Å². The number of nitrogens with zero attached hydrogens (tertiary/aromatic N) is 4. The van der Waals surface area contributed by atoms with Gasteiger partial charge in [0.1, 0.15) is 0 Å². The lowest BCUT2D eigenvalue weighted by Crippen LogP contribution is -2.50. The third kappa shape index (κ3) is 6.73. The predicted molar refractivity (Wildman–Crippen MR) is 103 cm³/mol. The van der Waals surface area contributed by atoms with Crippen LogP contribution in [0.5, 0.6) is 0 Å². The van der Waals surface area contributed by atoms with Gasteiger partial charge in [-0.15, -0.1) is 0 Å². The van der Waals surface area contributed by atoms with E-state index >= 15 is 0 Å². The van der Waals surface area contributed by atoms with E-state index in [0.717, 1.165) is 31.2 Å². The first-order valence-corrected chi connectivity index (χ1v) is 9.82. The number of nitrogens with one attached hydrogen (secondary N) is 2. The molecule has 0 saturated carbocycles. The average molecular weight is 380 g/mol. The molecule has 1 fully saturated rings. The SMILES string of the molecule is CCNC(=NCCc1nc(C(C)C)no1)NC1CCN(C(=O)OCC)CC1. The Balaban J connectivity index is 1.80. The maximum absolute atomic E-state index is 11.8. The molecule has 9 heteroatoms. The fraction of sp³-hybridized carbons (Fsp3) is 0.778. The second kappa shape index (κ2) is 10.7. The summed E-state index contributed by atoms with van der Waals surface area (Å²) in [5, 5.41) is 10.7. The maximum Gasteiger partial charge on any atom is 0.409 e. The summed E-state index contributed by atoms with van der Waals surface area (Å²) in [4.78, 5) is 22.5. The van der Waals surface area contributed by atoms with E-state index in [0.29, 0.717) is 38.6 Å². The number of carbonyl (C=O) groups is 1. The van der Waals surface area contributed by atoms with Gasteiger partial charge in [0.05, 0.1) is 13.2 Å². The Hall–Kier alpha value is -2.32. The Bertz CT molecular complexity index is 608. The summed E-state index contributed by atoms with van der Waals surface area (Å²) >= 11 is 0. The lowest BCUT2D eigenvalue weighted by atomic mass is 10.1. The van der Waals surface area contributed by atoms with Crippen molar-refractivity contribution < 1.29 is 14.1 Å². The number of likely N-dealkylation sites (tertiary alicyclic amines) is 1. The number of hydrogen-bond acceptors (Lipinski definition) is 6. The zero-order chi connectivity index (χ0) is 19.6. The monoisotopic (exact) mass is 380 g/mol. The summed E-state index contributed by atoms with van der Waals surface area (Å²) in [6.07, 6.45) is 2.12. The topological polar surface area (TPSA) is 105 Å². The average Bonchev–Trinajstić information content (AvgIpc) is 3.12. The van der Waals surface area contributed by atoms with Crippen LogP contribution in [0.1, 0.15) is 58.2 Å². The number of rotatable bonds is 7. The van der Waals surface area contributed by atoms with E-state index in [1.807, 2.05) is 27.7 Å². The van der Waals surface area contributed by atoms with Crippen molar-refractivity contribution in [3.8, 4) is 0 Å². The molecule has 27 heavy (non-hydrogen) atoms. The first-order valence-electron chi connectivity index (χ1n) is 9.82. The Morgan fingerprint density at radius 2 is 2.11 bits per heavy atom. The first-order chi connectivity index (χ1) is 13.0. The standard InChI is InChI=1S/C18H32N6O3/c1-5-19-17(20-10-7-15-22-16(13(3)4)23-27-15)21-14-8-11-24(12-9-14)18(25)26-6-2/h13-14H,5-12H2,1-4H3,(H2,19,20,21). The van der Waals surface area contributed by atoms with Crippen LogP contribution in [0.4, 0.5) is 4.79 Å². The molecule has 0 bridgehead atoms. The van der Waals surface area contributed by atoms with Crippen LogP contribution in [0.2, 0.25) is 0 Å². The van der Waals surface area contributed by atoms with Crippen molar-refractivity contribution in [2.45, 2.75) is 58.9 Å². The molecule has 1 saturated heterocycles. The van der Waals surface area contributed by atoms with Crippen LogP contribution in [0.15, 0.2) is 9.52 Å². The van der Waals surface area contributed by atoms with E-state index in [2.05, 4.69) is 25.8 Å². The van der Waals surface area contributed by atoms with E-state index in [9.17, 15) is 4.79 Å². The number of amides is 1. The smallest absolute Gasteiger partial charge is 0.409 e. The third-order valence-corrected chi connectivity index (χ3v) is 4.30. The minimum Gasteiger partial charge on any atom is -0.450 e. The lowest BCUT2D eigenvalue weighted by molar-refractivity contribution is 0.0963. The van der Waals surface area contributed by atoms with Gasteiger partial charge in [-0.05, 0) is 26.7 Å². The van der Waals surface area contributed by atoms with Crippen molar-refractivity contribution in [1.82, 2.24) is 25.7 Å². The summed E-state index contributed by atoms with van der Waals surface area (Å²) in [6, 6.07) is 0.282. The van der Waals surface area contributed by atoms with Crippen molar-refractivity contribution in [1.29, 1.82) is 0 Å². The molecule has 0 unspecified atom stereocenters. The minimum absolute atomic E-state index is 0.225. The van der Waals surface area contributed by atoms with Crippen LogP contribution in [0, 0.1) is 0 Å². The van der Waals surface area contributed by atoms with Crippen LogP contribution in [0.3, 0.4) is 0 Å². The molecule has 9 nitrogen and oxygen atoms in total. The molecule has 2 N–H and O–H groups in total. The van der Waals surface area contributed by atoms with Crippen molar-refractivity contribution >= 4 is 12.1 Å². The molecule has 0 radical (unpaired) electrons. The molecule has 1 aliphatic heterocycles. The highest BCUT2D eigenvalue weighted by Gasteiger charge is 2.24. The summed E-state index contributed by atoms with van der Waals surface area (Å²) < 4.78 is 10.3. The van der Waals surface area contributed by atoms with Crippen molar-refractivity contribution in [2.75, 3.05) is 32.8 Å². The zero-order valence-corrected chi connectivity index (χ0v) is 16.8. The van der Waals surface area contributed by atoms with E-state index in [1.165, 1.54) is 0 Å². The highest BCUT2D eigenvalue weighted by molar-refractivity contribution is 5.80. The second-order valence-corrected chi connectivity index (χ2v) is 6.82. The molecular weight excluding hydrogens is 348 g/mol. The molecule has 2 rings (SSSR count). The molecule has 2 heterocycles. The third-order valence-electron chi connectivity index (χ3n) is 4.30. The van der Waals surface area contributed by atoms with Gasteiger partial charge in [-0.25, -0.2) is 4.79 Å². The number of aliphatic imine (C=N–C) groups is 1. The Labute approximate surface area is 160 Å². The largest absolute Gasteiger partial charge is 0.450 e. The maximum atomic E-state index is 11.8. The number of hydrogen-bond donors (Lipinski definition) is 2. The van der Waals surface area contributed by atoms with Gasteiger partial charge in [-0.3, -0.25) is 4.99 Å². The van der Waals surface area contributed by atoms with E-state index in [4.69, 9.17) is 9.26 Å². The van der Waals surface area contributed by atoms with Crippen LogP contribution >= 0.6 is 0 Å². The molecule has 1 aromatic rings. The normalized spacial score (nSPS) is 15.9. The molecule has 1 aromatic heterocycles. The van der Waals surface area contributed by atoms with Gasteiger partial charge in [0.25, 0.3) is 0 Å². The quantitative estimate of drug-likeness (QED) is 0.550. The molecule has 0 atom stereocenters. The van der Waals surface area contributed by atoms with Gasteiger partial charge in [-0.1, -0.05) is 19.0 Å². The summed E-state index contributed by atoms with van der Waals surface area (Å²) in [6.45, 7) is 11.1. The summed E-state index contributed by atoms with van der Waals surface area (Å²) in [5.41, 5.74) is 0. The lowest BCUT2D eigenvalue weighted by Gasteiger charge is -2.32. The summed E-state index contributed by atoms with van der Waals surface area (Å²) in [7, 11) is 0. The van der Waals surface area contributed by atoms with Gasteiger partial charge >= 0.3 is 6.09 Å². The van der Waals surface area contributed by atoms with Crippen molar-refractivity contribution in [3.63, 3.8) is 0 Å². The van der Waals surface area contributed by atoms with Gasteiger partial charge < -0.3 is 24.8 Å². The van der Waals surface area contributed by atoms with Crippen LogP contribution in [0.25, 0.3) is 0 Å². The Kier molecular flexibility index (Phi) is 8.35. The Morgan fingerprint density at radius 3 is 2.70 bits per heavy atom. The molecule has 1 aliphatic rings. The van der Waals surface area contributed by atoms with E-state index in [-0.39, 0.29) is 18.1 Å². The van der Waals surface area contributed by atoms with Gasteiger partial charge in [0.2, 0.25) is 5.89 Å². The first kappa shape index (κ1) is 21.0. The molecule has 0 spiro atoms. The predicted octanol–water partition coefficient (Wildman–Crippen LogP) is 1.91. The number of guanidine groups is 1. The number of ether oxygens (including phenoxy) is 1. The highest BCUT2D eigenvalue weighted by atomic mass is 16.6. The van der Waals surface area contributed by atoms with Crippen molar-refractivity contribution in [3.05, 3.63) is 11.7 Å². The number of carbonyl (C=O) groups excluding carboxylic acids is 1. The van der Waals surface area contributed by atoms with Crippen LogP contribution in [-0.2, 0) is 11.2 Å². The van der Waals surface area contributed by atoms with Gasteiger partial charge in [0.15, 0.2) is 11.8 Å². The van der Waals surface area contributed by atoms with Crippen LogP contribution < -0.4 is 10.6 Å². The van der Waals surface area contributed by atoms with E-state index in [1.54, 1.807) is 4.90 Å². The fourth-order valence-corrected chi connectivity index (χ4v) is 2.80. The summed E-state index contributed by atoms with van der Waals surface area (Å²) in [5.74, 6) is 2.37. The zero-order valence-electron chi connectivity index (χ0n) is 16.8. The van der Waals surface area contributed by atoms with E-state index < -0.39 is 0 Å². The highest BCUT2D eigenvalue weighted by Crippen LogP contribution is 2.12. The van der Waals surface area contributed by atoms with Crippen LogP contribution in [-0.4, -0.2) is 65.9 Å². The van der Waals surface area contributed by atoms with Gasteiger partial charge in [-0.2, -0.15) is 4.98 Å². The molecule has 0 aliphatic carbocycles. The molecule has 0 aromatic carbocycles. The number of piperidine rings is 1. The molecular formula is C18H32N6O3.